The third-order valence-electron chi connectivity index (χ3n) is 3.96. The molecule has 0 bridgehead atoms. The van der Waals surface area contributed by atoms with Crippen LogP contribution in [0.3, 0.4) is 0 Å². The zero-order valence-corrected chi connectivity index (χ0v) is 14.6. The van der Waals surface area contributed by atoms with Crippen LogP contribution >= 0.6 is 0 Å². The van der Waals surface area contributed by atoms with Crippen molar-refractivity contribution >= 4 is 17.7 Å². The van der Waals surface area contributed by atoms with E-state index in [-0.39, 0.29) is 5.91 Å². The van der Waals surface area contributed by atoms with E-state index in [0.717, 1.165) is 6.54 Å². The van der Waals surface area contributed by atoms with Crippen LogP contribution in [0, 0.1) is 5.92 Å². The number of amides is 1. The molecule has 25 heavy (non-hydrogen) atoms. The van der Waals surface area contributed by atoms with Gasteiger partial charge in [0.05, 0.1) is 12.4 Å². The Kier molecular flexibility index (Phi) is 5.37. The van der Waals surface area contributed by atoms with Crippen LogP contribution in [0.4, 0.5) is 11.8 Å². The van der Waals surface area contributed by atoms with Gasteiger partial charge in [-0.15, -0.1) is 0 Å². The number of aromatic nitrogens is 4. The first-order valence-corrected chi connectivity index (χ1v) is 8.50. The smallest absolute Gasteiger partial charge is 0.274 e. The molecule has 0 atom stereocenters. The Labute approximate surface area is 147 Å². The highest BCUT2D eigenvalue weighted by atomic mass is 16.2. The summed E-state index contributed by atoms with van der Waals surface area (Å²) < 4.78 is 0. The highest BCUT2D eigenvalue weighted by Gasteiger charge is 2.24. The van der Waals surface area contributed by atoms with Gasteiger partial charge in [-0.3, -0.25) is 4.79 Å². The summed E-state index contributed by atoms with van der Waals surface area (Å²) >= 11 is 0. The van der Waals surface area contributed by atoms with Crippen LogP contribution in [0.5, 0.6) is 0 Å². The van der Waals surface area contributed by atoms with Crippen molar-refractivity contribution in [3.8, 4) is 0 Å². The molecule has 0 spiro atoms. The molecule has 1 N–H and O–H groups in total. The zero-order valence-electron chi connectivity index (χ0n) is 14.6. The number of carbonyl (C=O) groups excluding carboxylic acids is 1. The second kappa shape index (κ2) is 7.87. The van der Waals surface area contributed by atoms with E-state index in [1.807, 2.05) is 0 Å². The summed E-state index contributed by atoms with van der Waals surface area (Å²) in [7, 11) is 0. The van der Waals surface area contributed by atoms with Gasteiger partial charge in [0.2, 0.25) is 5.95 Å². The van der Waals surface area contributed by atoms with Crippen molar-refractivity contribution < 1.29 is 4.79 Å². The highest BCUT2D eigenvalue weighted by molar-refractivity contribution is 5.92. The summed E-state index contributed by atoms with van der Waals surface area (Å²) in [6.45, 7) is 7.72. The number of hydrogen-bond acceptors (Lipinski definition) is 7. The molecule has 1 aliphatic heterocycles. The Bertz CT molecular complexity index is 682. The van der Waals surface area contributed by atoms with Crippen LogP contribution in [0.2, 0.25) is 0 Å². The lowest BCUT2D eigenvalue weighted by molar-refractivity contribution is 0.0740. The molecule has 1 aliphatic rings. The molecule has 1 amide bonds. The molecule has 1 fully saturated rings. The van der Waals surface area contributed by atoms with Gasteiger partial charge < -0.3 is 15.1 Å². The van der Waals surface area contributed by atoms with Gasteiger partial charge in [0, 0.05) is 45.1 Å². The van der Waals surface area contributed by atoms with Gasteiger partial charge in [-0.1, -0.05) is 13.8 Å². The quantitative estimate of drug-likeness (QED) is 0.877. The van der Waals surface area contributed by atoms with E-state index in [9.17, 15) is 4.79 Å². The molecule has 0 unspecified atom stereocenters. The standard InChI is InChI=1S/C17H23N7O/c1-13(2)10-21-15-12-20-14(11-22-15)16(25)23-6-8-24(9-7-23)17-18-4-3-5-19-17/h3-5,11-13H,6-10H2,1-2H3,(H,21,22). The van der Waals surface area contributed by atoms with Crippen molar-refractivity contribution in [3.63, 3.8) is 0 Å². The Balaban J connectivity index is 1.55. The average Bonchev–Trinajstić information content (AvgIpc) is 2.67. The van der Waals surface area contributed by atoms with Crippen molar-refractivity contribution in [2.24, 2.45) is 5.92 Å². The van der Waals surface area contributed by atoms with Gasteiger partial charge in [-0.25, -0.2) is 19.9 Å². The van der Waals surface area contributed by atoms with Gasteiger partial charge in [0.25, 0.3) is 5.91 Å². The van der Waals surface area contributed by atoms with E-state index in [2.05, 4.69) is 44.0 Å². The Hall–Kier alpha value is -2.77. The SMILES string of the molecule is CC(C)CNc1cnc(C(=O)N2CCN(c3ncccn3)CC2)cn1. The molecule has 1 saturated heterocycles. The molecule has 2 aromatic heterocycles. The van der Waals surface area contributed by atoms with E-state index in [4.69, 9.17) is 0 Å². The number of anilines is 2. The van der Waals surface area contributed by atoms with Gasteiger partial charge >= 0.3 is 0 Å². The number of nitrogens with one attached hydrogen (secondary N) is 1. The fourth-order valence-corrected chi connectivity index (χ4v) is 2.56. The predicted molar refractivity (Wildman–Crippen MR) is 95.5 cm³/mol. The third kappa shape index (κ3) is 4.40. The maximum absolute atomic E-state index is 12.6. The second-order valence-corrected chi connectivity index (χ2v) is 6.39. The van der Waals surface area contributed by atoms with Gasteiger partial charge in [0.15, 0.2) is 0 Å². The Morgan fingerprint density at radius 3 is 2.40 bits per heavy atom. The molecule has 3 rings (SSSR count). The summed E-state index contributed by atoms with van der Waals surface area (Å²) in [5.41, 5.74) is 0.375. The van der Waals surface area contributed by atoms with Gasteiger partial charge in [-0.05, 0) is 12.0 Å². The molecule has 0 radical (unpaired) electrons. The summed E-state index contributed by atoms with van der Waals surface area (Å²) in [5.74, 6) is 1.83. The van der Waals surface area contributed by atoms with Gasteiger partial charge in [0.1, 0.15) is 11.5 Å². The van der Waals surface area contributed by atoms with Crippen molar-refractivity contribution in [2.45, 2.75) is 13.8 Å². The first kappa shape index (κ1) is 17.1. The fourth-order valence-electron chi connectivity index (χ4n) is 2.56. The number of hydrogen-bond donors (Lipinski definition) is 1. The second-order valence-electron chi connectivity index (χ2n) is 6.39. The monoisotopic (exact) mass is 341 g/mol. The molecule has 3 heterocycles. The van der Waals surface area contributed by atoms with E-state index >= 15 is 0 Å². The maximum Gasteiger partial charge on any atom is 0.274 e. The summed E-state index contributed by atoms with van der Waals surface area (Å²) in [6, 6.07) is 1.79. The topological polar surface area (TPSA) is 87.1 Å². The van der Waals surface area contributed by atoms with E-state index < -0.39 is 0 Å². The zero-order chi connectivity index (χ0) is 17.6. The lowest BCUT2D eigenvalue weighted by Gasteiger charge is -2.34. The Morgan fingerprint density at radius 1 is 1.08 bits per heavy atom. The average molecular weight is 341 g/mol. The van der Waals surface area contributed by atoms with E-state index in [0.29, 0.717) is 49.6 Å². The van der Waals surface area contributed by atoms with Crippen molar-refractivity contribution in [2.75, 3.05) is 42.9 Å². The highest BCUT2D eigenvalue weighted by Crippen LogP contribution is 2.12. The van der Waals surface area contributed by atoms with Crippen LogP contribution in [-0.2, 0) is 0 Å². The minimum Gasteiger partial charge on any atom is -0.369 e. The summed E-state index contributed by atoms with van der Waals surface area (Å²) in [6.07, 6.45) is 6.61. The molecule has 0 aliphatic carbocycles. The van der Waals surface area contributed by atoms with Crippen LogP contribution in [0.1, 0.15) is 24.3 Å². The molecule has 0 saturated carbocycles. The van der Waals surface area contributed by atoms with Crippen molar-refractivity contribution in [3.05, 3.63) is 36.5 Å². The molecular weight excluding hydrogens is 318 g/mol. The van der Waals surface area contributed by atoms with E-state index in [1.165, 1.54) is 6.20 Å². The van der Waals surface area contributed by atoms with Crippen LogP contribution in [0.25, 0.3) is 0 Å². The van der Waals surface area contributed by atoms with Crippen LogP contribution < -0.4 is 10.2 Å². The number of nitrogens with zero attached hydrogens (tertiary/aromatic N) is 6. The molecule has 8 nitrogen and oxygen atoms in total. The molecule has 0 aromatic carbocycles. The first-order valence-electron chi connectivity index (χ1n) is 8.50. The van der Waals surface area contributed by atoms with Gasteiger partial charge in [-0.2, -0.15) is 0 Å². The number of rotatable bonds is 5. The molecular formula is C17H23N7O. The largest absolute Gasteiger partial charge is 0.369 e. The first-order chi connectivity index (χ1) is 12.1. The van der Waals surface area contributed by atoms with Crippen LogP contribution in [-0.4, -0.2) is 63.5 Å². The Morgan fingerprint density at radius 2 is 1.80 bits per heavy atom. The lowest BCUT2D eigenvalue weighted by Crippen LogP contribution is -2.49. The van der Waals surface area contributed by atoms with E-state index in [1.54, 1.807) is 29.6 Å². The minimum absolute atomic E-state index is 0.0865. The maximum atomic E-state index is 12.6. The molecule has 8 heteroatoms. The molecule has 132 valence electrons. The lowest BCUT2D eigenvalue weighted by atomic mass is 10.2. The number of piperazine rings is 1. The predicted octanol–water partition coefficient (Wildman–Crippen LogP) is 1.30. The summed E-state index contributed by atoms with van der Waals surface area (Å²) in [4.78, 5) is 33.5. The fraction of sp³-hybridized carbons (Fsp3) is 0.471. The normalized spacial score (nSPS) is 14.7. The van der Waals surface area contributed by atoms with Crippen molar-refractivity contribution in [1.82, 2.24) is 24.8 Å². The minimum atomic E-state index is -0.0865. The molecule has 2 aromatic rings. The van der Waals surface area contributed by atoms with Crippen molar-refractivity contribution in [1.29, 1.82) is 0 Å². The summed E-state index contributed by atoms with van der Waals surface area (Å²) in [5, 5.41) is 3.19. The third-order valence-corrected chi connectivity index (χ3v) is 3.96. The number of carbonyl (C=O) groups is 1. The van der Waals surface area contributed by atoms with Crippen LogP contribution in [0.15, 0.2) is 30.9 Å².